The minimum Gasteiger partial charge on any atom is -0.481 e. The maximum Gasteiger partial charge on any atom is 0.312 e. The van der Waals surface area contributed by atoms with Crippen molar-refractivity contribution in [1.82, 2.24) is 0 Å². The second-order valence-corrected chi connectivity index (χ2v) is 4.12. The zero-order valence-corrected chi connectivity index (χ0v) is 9.85. The van der Waals surface area contributed by atoms with Gasteiger partial charge in [0.1, 0.15) is 0 Å². The van der Waals surface area contributed by atoms with Gasteiger partial charge >= 0.3 is 5.97 Å². The molecule has 0 heterocycles. The number of hydrogen-bond donors (Lipinski definition) is 2. The molecular weight excluding hydrogens is 288 g/mol. The molecule has 0 fully saturated rings. The Morgan fingerprint density at radius 1 is 1.67 bits per heavy atom. The van der Waals surface area contributed by atoms with Crippen LogP contribution in [-0.2, 0) is 4.79 Å². The van der Waals surface area contributed by atoms with E-state index in [0.717, 1.165) is 0 Å². The van der Waals surface area contributed by atoms with Crippen molar-refractivity contribution >= 4 is 33.5 Å². The average molecular weight is 297 g/mol. The summed E-state index contributed by atoms with van der Waals surface area (Å²) in [6.45, 7) is -0.129. The van der Waals surface area contributed by atoms with Crippen LogP contribution in [0.3, 0.4) is 0 Å². The molecule has 15 heavy (non-hydrogen) atoms. The lowest BCUT2D eigenvalue weighted by atomic mass is 9.99. The van der Waals surface area contributed by atoms with Gasteiger partial charge in [0.05, 0.1) is 15.4 Å². The van der Waals surface area contributed by atoms with Crippen molar-refractivity contribution in [1.29, 1.82) is 0 Å². The Morgan fingerprint density at radius 3 is 2.73 bits per heavy atom. The van der Waals surface area contributed by atoms with Gasteiger partial charge in [0, 0.05) is 6.54 Å². The van der Waals surface area contributed by atoms with E-state index in [1.54, 1.807) is 0 Å². The number of carboxylic acids is 1. The fourth-order valence-corrected chi connectivity index (χ4v) is 1.91. The molecule has 1 atom stereocenters. The van der Waals surface area contributed by atoms with Gasteiger partial charge in [0.2, 0.25) is 0 Å². The summed E-state index contributed by atoms with van der Waals surface area (Å²) in [4.78, 5) is 10.8. The van der Waals surface area contributed by atoms with Gasteiger partial charge in [-0.25, -0.2) is 4.39 Å². The molecule has 0 bridgehead atoms. The molecule has 0 aliphatic rings. The third kappa shape index (κ3) is 2.48. The number of rotatable bonds is 3. The summed E-state index contributed by atoms with van der Waals surface area (Å²) in [6, 6.07) is 2.85. The summed E-state index contributed by atoms with van der Waals surface area (Å²) < 4.78 is 13.5. The molecule has 0 amide bonds. The molecule has 3 nitrogen and oxygen atoms in total. The van der Waals surface area contributed by atoms with E-state index in [1.165, 1.54) is 12.1 Å². The maximum absolute atomic E-state index is 13.3. The van der Waals surface area contributed by atoms with Crippen LogP contribution < -0.4 is 5.73 Å². The lowest BCUT2D eigenvalue weighted by molar-refractivity contribution is -0.138. The third-order valence-corrected chi connectivity index (χ3v) is 2.97. The first-order valence-corrected chi connectivity index (χ1v) is 5.22. The molecule has 0 radical (unpaired) electrons. The van der Waals surface area contributed by atoms with Gasteiger partial charge in [0.15, 0.2) is 5.82 Å². The van der Waals surface area contributed by atoms with E-state index in [1.807, 2.05) is 0 Å². The van der Waals surface area contributed by atoms with Crippen LogP contribution in [0.4, 0.5) is 4.39 Å². The van der Waals surface area contributed by atoms with Crippen molar-refractivity contribution in [3.63, 3.8) is 0 Å². The van der Waals surface area contributed by atoms with E-state index in [4.69, 9.17) is 22.4 Å². The van der Waals surface area contributed by atoms with Gasteiger partial charge in [-0.05, 0) is 27.6 Å². The number of aliphatic carboxylic acids is 1. The predicted molar refractivity (Wildman–Crippen MR) is 58.5 cm³/mol. The topological polar surface area (TPSA) is 63.3 Å². The summed E-state index contributed by atoms with van der Waals surface area (Å²) in [5.41, 5.74) is 5.48. The van der Waals surface area contributed by atoms with Gasteiger partial charge in [-0.1, -0.05) is 17.7 Å². The molecule has 0 aliphatic carbocycles. The zero-order valence-electron chi connectivity index (χ0n) is 7.51. The van der Waals surface area contributed by atoms with E-state index in [-0.39, 0.29) is 21.6 Å². The van der Waals surface area contributed by atoms with E-state index < -0.39 is 17.7 Å². The van der Waals surface area contributed by atoms with Crippen LogP contribution >= 0.6 is 27.5 Å². The Morgan fingerprint density at radius 2 is 2.27 bits per heavy atom. The Kier molecular flexibility index (Phi) is 4.07. The summed E-state index contributed by atoms with van der Waals surface area (Å²) in [7, 11) is 0. The van der Waals surface area contributed by atoms with Crippen molar-refractivity contribution in [2.45, 2.75) is 5.92 Å². The molecule has 1 unspecified atom stereocenters. The third-order valence-electron chi connectivity index (χ3n) is 1.97. The van der Waals surface area contributed by atoms with Gasteiger partial charge < -0.3 is 10.8 Å². The highest BCUT2D eigenvalue weighted by Crippen LogP contribution is 2.31. The molecule has 0 aliphatic heterocycles. The fourth-order valence-electron chi connectivity index (χ4n) is 1.17. The summed E-state index contributed by atoms with van der Waals surface area (Å²) in [6.07, 6.45) is 0. The molecule has 3 N–H and O–H groups in total. The molecule has 0 spiro atoms. The smallest absolute Gasteiger partial charge is 0.312 e. The van der Waals surface area contributed by atoms with E-state index in [9.17, 15) is 9.18 Å². The Balaban J connectivity index is 3.25. The van der Waals surface area contributed by atoms with E-state index >= 15 is 0 Å². The van der Waals surface area contributed by atoms with Gasteiger partial charge in [-0.3, -0.25) is 4.79 Å². The van der Waals surface area contributed by atoms with Crippen molar-refractivity contribution in [3.8, 4) is 0 Å². The Labute approximate surface area is 99.2 Å². The van der Waals surface area contributed by atoms with Gasteiger partial charge in [-0.2, -0.15) is 0 Å². The monoisotopic (exact) mass is 295 g/mol. The highest BCUT2D eigenvalue weighted by molar-refractivity contribution is 9.10. The number of benzene rings is 1. The minimum absolute atomic E-state index is 0.129. The first kappa shape index (κ1) is 12.4. The summed E-state index contributed by atoms with van der Waals surface area (Å²) in [5.74, 6) is -2.78. The highest BCUT2D eigenvalue weighted by Gasteiger charge is 2.23. The minimum atomic E-state index is -1.12. The molecule has 6 heteroatoms. The SMILES string of the molecule is NCC(C(=O)O)c1ccc(Br)c(F)c1Cl. The average Bonchev–Trinajstić information content (AvgIpc) is 2.18. The van der Waals surface area contributed by atoms with E-state index in [0.29, 0.717) is 0 Å². The number of halogens is 3. The van der Waals surface area contributed by atoms with Crippen LogP contribution in [0.15, 0.2) is 16.6 Å². The first-order chi connectivity index (χ1) is 6.99. The second kappa shape index (κ2) is 4.92. The standard InChI is InChI=1S/C9H8BrClFNO2/c10-6-2-1-4(7(11)8(6)12)5(3-13)9(14)15/h1-2,5H,3,13H2,(H,14,15). The van der Waals surface area contributed by atoms with Gasteiger partial charge in [-0.15, -0.1) is 0 Å². The first-order valence-electron chi connectivity index (χ1n) is 4.05. The fraction of sp³-hybridized carbons (Fsp3) is 0.222. The van der Waals surface area contributed by atoms with Crippen molar-refractivity contribution < 1.29 is 14.3 Å². The van der Waals surface area contributed by atoms with E-state index in [2.05, 4.69) is 15.9 Å². The Hall–Kier alpha value is -0.650. The largest absolute Gasteiger partial charge is 0.481 e. The van der Waals surface area contributed by atoms with Crippen LogP contribution in [0.5, 0.6) is 0 Å². The molecule has 1 aromatic carbocycles. The summed E-state index contributed by atoms with van der Waals surface area (Å²) in [5, 5.41) is 8.63. The predicted octanol–water partition coefficient (Wildman–Crippen LogP) is 2.37. The molecule has 82 valence electrons. The van der Waals surface area contributed by atoms with Crippen LogP contribution in [0.2, 0.25) is 5.02 Å². The number of carboxylic acid groups (broad SMARTS) is 1. The van der Waals surface area contributed by atoms with Crippen LogP contribution in [0, 0.1) is 5.82 Å². The van der Waals surface area contributed by atoms with Crippen molar-refractivity contribution in [2.24, 2.45) is 5.73 Å². The van der Waals surface area contributed by atoms with Crippen LogP contribution in [0.25, 0.3) is 0 Å². The lowest BCUT2D eigenvalue weighted by Crippen LogP contribution is -2.21. The lowest BCUT2D eigenvalue weighted by Gasteiger charge is -2.12. The molecular formula is C9H8BrClFNO2. The molecule has 1 rings (SSSR count). The number of carbonyl (C=O) groups is 1. The highest BCUT2D eigenvalue weighted by atomic mass is 79.9. The van der Waals surface area contributed by atoms with Crippen LogP contribution in [-0.4, -0.2) is 17.6 Å². The quantitative estimate of drug-likeness (QED) is 0.842. The second-order valence-electron chi connectivity index (χ2n) is 2.89. The number of hydrogen-bond acceptors (Lipinski definition) is 2. The molecule has 0 saturated heterocycles. The van der Waals surface area contributed by atoms with Crippen molar-refractivity contribution in [3.05, 3.63) is 33.0 Å². The maximum atomic E-state index is 13.3. The van der Waals surface area contributed by atoms with Crippen LogP contribution in [0.1, 0.15) is 11.5 Å². The summed E-state index contributed by atoms with van der Waals surface area (Å²) >= 11 is 8.64. The van der Waals surface area contributed by atoms with Gasteiger partial charge in [0.25, 0.3) is 0 Å². The molecule has 0 saturated carbocycles. The normalized spacial score (nSPS) is 12.5. The number of nitrogens with two attached hydrogens (primary N) is 1. The molecule has 0 aromatic heterocycles. The molecule has 1 aromatic rings. The van der Waals surface area contributed by atoms with Crippen molar-refractivity contribution in [2.75, 3.05) is 6.54 Å². The zero-order chi connectivity index (χ0) is 11.6. The Bertz CT molecular complexity index is 400.